The summed E-state index contributed by atoms with van der Waals surface area (Å²) in [6.07, 6.45) is 2.20. The van der Waals surface area contributed by atoms with Crippen molar-refractivity contribution in [1.82, 2.24) is 0 Å². The van der Waals surface area contributed by atoms with E-state index >= 15 is 0 Å². The maximum absolute atomic E-state index is 10.2. The summed E-state index contributed by atoms with van der Waals surface area (Å²) >= 11 is 0. The van der Waals surface area contributed by atoms with Crippen molar-refractivity contribution in [3.05, 3.63) is 0 Å². The van der Waals surface area contributed by atoms with Crippen LogP contribution in [0.1, 0.15) is 45.4 Å². The van der Waals surface area contributed by atoms with Gasteiger partial charge >= 0.3 is 5.97 Å². The topological polar surface area (TPSA) is 77.8 Å². The van der Waals surface area contributed by atoms with Gasteiger partial charge in [-0.2, -0.15) is 0 Å². The summed E-state index contributed by atoms with van der Waals surface area (Å²) < 4.78 is 0. The highest BCUT2D eigenvalue weighted by molar-refractivity contribution is 5.67. The van der Waals surface area contributed by atoms with Gasteiger partial charge < -0.3 is 15.3 Å². The predicted octanol–water partition coefficient (Wildman–Crippen LogP) is 1.15. The lowest BCUT2D eigenvalue weighted by atomic mass is 10.0. The van der Waals surface area contributed by atoms with E-state index in [4.69, 9.17) is 5.11 Å². The first-order valence-electron chi connectivity index (χ1n) is 5.14. The second-order valence-electron chi connectivity index (χ2n) is 3.63. The van der Waals surface area contributed by atoms with Crippen LogP contribution in [0.25, 0.3) is 0 Å². The smallest absolute Gasteiger partial charge is 0.305 e. The molecule has 0 bridgehead atoms. The second kappa shape index (κ2) is 7.76. The lowest BCUT2D eigenvalue weighted by molar-refractivity contribution is -0.139. The summed E-state index contributed by atoms with van der Waals surface area (Å²) in [5, 5.41) is 26.9. The molecule has 0 saturated heterocycles. The van der Waals surface area contributed by atoms with E-state index in [2.05, 4.69) is 0 Å². The van der Waals surface area contributed by atoms with Crippen LogP contribution < -0.4 is 0 Å². The van der Waals surface area contributed by atoms with E-state index in [-0.39, 0.29) is 12.5 Å². The fraction of sp³-hybridized carbons (Fsp3) is 0.900. The summed E-state index contributed by atoms with van der Waals surface area (Å²) in [7, 11) is 0. The first kappa shape index (κ1) is 13.4. The first-order chi connectivity index (χ1) is 6.56. The Balaban J connectivity index is 3.38. The van der Waals surface area contributed by atoms with Gasteiger partial charge in [0.25, 0.3) is 0 Å². The molecular weight excluding hydrogens is 184 g/mol. The molecule has 0 aromatic carbocycles. The molecule has 0 aromatic heterocycles. The Bertz CT molecular complexity index is 158. The summed E-state index contributed by atoms with van der Waals surface area (Å²) in [6.45, 7) is 2.00. The predicted molar refractivity (Wildman–Crippen MR) is 53.0 cm³/mol. The van der Waals surface area contributed by atoms with E-state index in [9.17, 15) is 15.0 Å². The molecule has 0 aliphatic carbocycles. The molecule has 0 aliphatic rings. The summed E-state index contributed by atoms with van der Waals surface area (Å²) in [4.78, 5) is 10.2. The van der Waals surface area contributed by atoms with Crippen LogP contribution in [0.15, 0.2) is 0 Å². The Hall–Kier alpha value is -0.610. The molecule has 0 spiro atoms. The molecule has 0 rings (SSSR count). The normalized spacial score (nSPS) is 15.1. The third-order valence-corrected chi connectivity index (χ3v) is 2.11. The van der Waals surface area contributed by atoms with Crippen LogP contribution in [-0.4, -0.2) is 33.5 Å². The van der Waals surface area contributed by atoms with Crippen LogP contribution >= 0.6 is 0 Å². The van der Waals surface area contributed by atoms with Gasteiger partial charge in [-0.3, -0.25) is 4.79 Å². The molecule has 0 fully saturated rings. The third-order valence-electron chi connectivity index (χ3n) is 2.11. The van der Waals surface area contributed by atoms with E-state index in [1.165, 1.54) is 0 Å². The number of aliphatic hydroxyl groups is 2. The SMILES string of the molecule is CCCC(O)CCCC(O)CC(=O)O. The van der Waals surface area contributed by atoms with Gasteiger partial charge in [0.2, 0.25) is 0 Å². The lowest BCUT2D eigenvalue weighted by Gasteiger charge is -2.10. The van der Waals surface area contributed by atoms with Gasteiger partial charge in [-0.05, 0) is 25.7 Å². The molecule has 14 heavy (non-hydrogen) atoms. The second-order valence-corrected chi connectivity index (χ2v) is 3.63. The number of aliphatic carboxylic acids is 1. The zero-order valence-electron chi connectivity index (χ0n) is 8.65. The van der Waals surface area contributed by atoms with Crippen molar-refractivity contribution in [2.45, 2.75) is 57.7 Å². The molecule has 2 atom stereocenters. The van der Waals surface area contributed by atoms with Gasteiger partial charge in [0.15, 0.2) is 0 Å². The Morgan fingerprint density at radius 1 is 1.14 bits per heavy atom. The molecule has 3 N–H and O–H groups in total. The highest BCUT2D eigenvalue weighted by atomic mass is 16.4. The fourth-order valence-corrected chi connectivity index (χ4v) is 1.37. The van der Waals surface area contributed by atoms with Crippen molar-refractivity contribution in [2.24, 2.45) is 0 Å². The lowest BCUT2D eigenvalue weighted by Crippen LogP contribution is -2.14. The van der Waals surface area contributed by atoms with Crippen LogP contribution in [0.2, 0.25) is 0 Å². The zero-order valence-corrected chi connectivity index (χ0v) is 8.65. The van der Waals surface area contributed by atoms with Crippen LogP contribution in [-0.2, 0) is 4.79 Å². The quantitative estimate of drug-likeness (QED) is 0.554. The Kier molecular flexibility index (Phi) is 7.42. The van der Waals surface area contributed by atoms with Crippen LogP contribution in [0.5, 0.6) is 0 Å². The molecule has 84 valence electrons. The Morgan fingerprint density at radius 3 is 2.21 bits per heavy atom. The third kappa shape index (κ3) is 8.01. The number of carboxylic acid groups (broad SMARTS) is 1. The molecule has 0 radical (unpaired) electrons. The maximum atomic E-state index is 10.2. The van der Waals surface area contributed by atoms with Gasteiger partial charge in [-0.1, -0.05) is 13.3 Å². The number of hydrogen-bond donors (Lipinski definition) is 3. The minimum Gasteiger partial charge on any atom is -0.481 e. The standard InChI is InChI=1S/C10H20O4/c1-2-4-8(11)5-3-6-9(12)7-10(13)14/h8-9,11-12H,2-7H2,1H3,(H,13,14). The van der Waals surface area contributed by atoms with E-state index < -0.39 is 12.1 Å². The van der Waals surface area contributed by atoms with Crippen molar-refractivity contribution < 1.29 is 20.1 Å². The summed E-state index contributed by atoms with van der Waals surface area (Å²) in [6, 6.07) is 0. The number of carboxylic acids is 1. The molecule has 0 saturated carbocycles. The number of hydrogen-bond acceptors (Lipinski definition) is 3. The van der Waals surface area contributed by atoms with E-state index in [0.29, 0.717) is 19.3 Å². The van der Waals surface area contributed by atoms with E-state index in [0.717, 1.165) is 12.8 Å². The molecule has 0 amide bonds. The molecule has 2 unspecified atom stereocenters. The van der Waals surface area contributed by atoms with Crippen molar-refractivity contribution in [3.63, 3.8) is 0 Å². The van der Waals surface area contributed by atoms with Gasteiger partial charge in [-0.15, -0.1) is 0 Å². The highest BCUT2D eigenvalue weighted by Crippen LogP contribution is 2.09. The van der Waals surface area contributed by atoms with E-state index in [1.54, 1.807) is 0 Å². The molecule has 0 heterocycles. The van der Waals surface area contributed by atoms with Gasteiger partial charge in [0, 0.05) is 0 Å². The Morgan fingerprint density at radius 2 is 1.71 bits per heavy atom. The van der Waals surface area contributed by atoms with Gasteiger partial charge in [0.05, 0.1) is 18.6 Å². The minimum absolute atomic E-state index is 0.204. The molecule has 0 aliphatic heterocycles. The van der Waals surface area contributed by atoms with E-state index in [1.807, 2.05) is 6.92 Å². The molecular formula is C10H20O4. The van der Waals surface area contributed by atoms with Crippen LogP contribution in [0.4, 0.5) is 0 Å². The minimum atomic E-state index is -0.980. The van der Waals surface area contributed by atoms with Crippen molar-refractivity contribution in [1.29, 1.82) is 0 Å². The fourth-order valence-electron chi connectivity index (χ4n) is 1.37. The first-order valence-corrected chi connectivity index (χ1v) is 5.14. The number of rotatable bonds is 8. The largest absolute Gasteiger partial charge is 0.481 e. The monoisotopic (exact) mass is 204 g/mol. The molecule has 4 nitrogen and oxygen atoms in total. The summed E-state index contributed by atoms with van der Waals surface area (Å²) in [5.41, 5.74) is 0. The zero-order chi connectivity index (χ0) is 11.0. The average molecular weight is 204 g/mol. The number of carbonyl (C=O) groups is 1. The van der Waals surface area contributed by atoms with Crippen molar-refractivity contribution >= 4 is 5.97 Å². The van der Waals surface area contributed by atoms with Gasteiger partial charge in [0.1, 0.15) is 0 Å². The molecule has 0 aromatic rings. The molecule has 4 heteroatoms. The Labute approximate surface area is 84.6 Å². The van der Waals surface area contributed by atoms with Crippen LogP contribution in [0.3, 0.4) is 0 Å². The number of aliphatic hydroxyl groups excluding tert-OH is 2. The highest BCUT2D eigenvalue weighted by Gasteiger charge is 2.10. The van der Waals surface area contributed by atoms with Crippen LogP contribution in [0, 0.1) is 0 Å². The van der Waals surface area contributed by atoms with Crippen molar-refractivity contribution in [3.8, 4) is 0 Å². The van der Waals surface area contributed by atoms with Crippen molar-refractivity contribution in [2.75, 3.05) is 0 Å². The average Bonchev–Trinajstić information content (AvgIpc) is 2.02. The summed E-state index contributed by atoms with van der Waals surface area (Å²) in [5.74, 6) is -0.980. The van der Waals surface area contributed by atoms with Gasteiger partial charge in [-0.25, -0.2) is 0 Å². The maximum Gasteiger partial charge on any atom is 0.305 e.